The maximum Gasteiger partial charge on any atom is 0.267 e. The van der Waals surface area contributed by atoms with Gasteiger partial charge in [-0.3, -0.25) is 4.79 Å². The molecule has 30 heavy (non-hydrogen) atoms. The number of nitrogens with one attached hydrogen (secondary N) is 1. The third-order valence-electron chi connectivity index (χ3n) is 4.55. The van der Waals surface area contributed by atoms with Gasteiger partial charge in [-0.25, -0.2) is 18.7 Å². The van der Waals surface area contributed by atoms with Crippen molar-refractivity contribution in [2.24, 2.45) is 5.73 Å². The summed E-state index contributed by atoms with van der Waals surface area (Å²) in [6.07, 6.45) is 2.93. The number of halogens is 2. The van der Waals surface area contributed by atoms with Crippen molar-refractivity contribution in [3.05, 3.63) is 41.9 Å². The fraction of sp³-hybridized carbons (Fsp3) is 0.400. The van der Waals surface area contributed by atoms with Crippen LogP contribution in [-0.4, -0.2) is 55.3 Å². The quantitative estimate of drug-likeness (QED) is 0.672. The number of aromatic nitrogens is 2. The van der Waals surface area contributed by atoms with Crippen molar-refractivity contribution < 1.29 is 23.1 Å². The van der Waals surface area contributed by atoms with E-state index in [1.165, 1.54) is 0 Å². The highest BCUT2D eigenvalue weighted by atomic mass is 19.3. The molecule has 1 aliphatic rings. The molecule has 10 heteroatoms. The Kier molecular flexibility index (Phi) is 8.16. The van der Waals surface area contributed by atoms with Gasteiger partial charge in [-0.1, -0.05) is 0 Å². The van der Waals surface area contributed by atoms with E-state index >= 15 is 0 Å². The van der Waals surface area contributed by atoms with Gasteiger partial charge >= 0.3 is 0 Å². The van der Waals surface area contributed by atoms with Crippen molar-refractivity contribution in [1.82, 2.24) is 15.3 Å². The molecule has 0 fully saturated rings. The molecule has 0 bridgehead atoms. The number of hydrogen-bond acceptors (Lipinski definition) is 7. The summed E-state index contributed by atoms with van der Waals surface area (Å²) in [7, 11) is 1.66. The highest BCUT2D eigenvalue weighted by molar-refractivity contribution is 5.91. The second kappa shape index (κ2) is 10.6. The van der Waals surface area contributed by atoms with Crippen molar-refractivity contribution in [2.45, 2.75) is 25.2 Å². The summed E-state index contributed by atoms with van der Waals surface area (Å²) in [5, 5.41) is 2.74. The average Bonchev–Trinajstić information content (AvgIpc) is 2.77. The summed E-state index contributed by atoms with van der Waals surface area (Å²) in [5.74, 6) is -2.19. The molecule has 8 nitrogen and oxygen atoms in total. The first-order valence-electron chi connectivity index (χ1n) is 9.36. The van der Waals surface area contributed by atoms with E-state index in [2.05, 4.69) is 15.3 Å². The molecule has 0 radical (unpaired) electrons. The van der Waals surface area contributed by atoms with Crippen molar-refractivity contribution in [3.63, 3.8) is 0 Å². The van der Waals surface area contributed by atoms with E-state index in [9.17, 15) is 13.6 Å². The molecule has 1 aliphatic heterocycles. The number of alkyl halides is 2. The van der Waals surface area contributed by atoms with Crippen LogP contribution in [0.5, 0.6) is 5.75 Å². The van der Waals surface area contributed by atoms with Gasteiger partial charge in [0.1, 0.15) is 19.1 Å². The molecule has 0 atom stereocenters. The van der Waals surface area contributed by atoms with E-state index in [1.807, 2.05) is 11.7 Å². The van der Waals surface area contributed by atoms with Crippen LogP contribution >= 0.6 is 0 Å². The lowest BCUT2D eigenvalue weighted by Gasteiger charge is -2.30. The summed E-state index contributed by atoms with van der Waals surface area (Å²) in [4.78, 5) is 29.5. The summed E-state index contributed by atoms with van der Waals surface area (Å²) < 4.78 is 33.4. The number of anilines is 2. The molecule has 3 heterocycles. The predicted molar refractivity (Wildman–Crippen MR) is 108 cm³/mol. The smallest absolute Gasteiger partial charge is 0.267 e. The molecule has 3 N–H and O–H groups in total. The van der Waals surface area contributed by atoms with Gasteiger partial charge in [0, 0.05) is 25.6 Å². The molecule has 1 amide bonds. The minimum atomic E-state index is -2.72. The zero-order valence-electron chi connectivity index (χ0n) is 16.7. The van der Waals surface area contributed by atoms with Crippen molar-refractivity contribution in [3.8, 4) is 5.75 Å². The minimum absolute atomic E-state index is 0.180. The lowest BCUT2D eigenvalue weighted by molar-refractivity contribution is -0.0980. The molecule has 3 rings (SSSR count). The van der Waals surface area contributed by atoms with Gasteiger partial charge in [0.15, 0.2) is 11.6 Å². The van der Waals surface area contributed by atoms with Gasteiger partial charge in [-0.05, 0) is 37.2 Å². The Balaban J connectivity index is 0.00000155. The van der Waals surface area contributed by atoms with Gasteiger partial charge in [0.05, 0.1) is 18.4 Å². The second-order valence-electron chi connectivity index (χ2n) is 6.64. The fourth-order valence-electron chi connectivity index (χ4n) is 2.98. The van der Waals surface area contributed by atoms with E-state index in [-0.39, 0.29) is 31.5 Å². The number of nitrogens with zero attached hydrogens (tertiary/aromatic N) is 3. The summed E-state index contributed by atoms with van der Waals surface area (Å²) in [6.45, 7) is 3.25. The fourth-order valence-corrected chi connectivity index (χ4v) is 2.98. The van der Waals surface area contributed by atoms with Crippen molar-refractivity contribution in [2.75, 3.05) is 31.6 Å². The lowest BCUT2D eigenvalue weighted by atomic mass is 10.1. The molecule has 0 spiro atoms. The maximum absolute atomic E-state index is 13.9. The number of primary amides is 1. The summed E-state index contributed by atoms with van der Waals surface area (Å²) in [6, 6.07) is 5.04. The van der Waals surface area contributed by atoms with E-state index in [1.54, 1.807) is 37.6 Å². The minimum Gasteiger partial charge on any atom is -0.488 e. The Morgan fingerprint density at radius 3 is 2.70 bits per heavy atom. The predicted octanol–water partition coefficient (Wildman–Crippen LogP) is 2.10. The number of hydrogen-bond donors (Lipinski definition) is 2. The number of pyridine rings is 2. The van der Waals surface area contributed by atoms with E-state index in [0.29, 0.717) is 30.3 Å². The normalized spacial score (nSPS) is 13.0. The summed E-state index contributed by atoms with van der Waals surface area (Å²) >= 11 is 0. The molecule has 162 valence electrons. The van der Waals surface area contributed by atoms with E-state index < -0.39 is 11.8 Å². The molecule has 2 aromatic rings. The molecule has 0 saturated carbocycles. The Morgan fingerprint density at radius 1 is 1.30 bits per heavy atom. The van der Waals surface area contributed by atoms with Gasteiger partial charge in [0.2, 0.25) is 5.92 Å². The SMILES string of the molecule is C=O.CNCCC(F)(F)CCc1cnc2c(c1)OCCN2c1ccc(C(N)=O)nc1. The van der Waals surface area contributed by atoms with Crippen LogP contribution in [0.1, 0.15) is 28.9 Å². The monoisotopic (exact) mass is 421 g/mol. The number of aryl methyl sites for hydroxylation is 1. The van der Waals surface area contributed by atoms with Gasteiger partial charge < -0.3 is 25.5 Å². The molecular weight excluding hydrogens is 396 g/mol. The molecule has 0 aromatic carbocycles. The zero-order valence-corrected chi connectivity index (χ0v) is 16.7. The number of fused-ring (bicyclic) bond motifs is 1. The van der Waals surface area contributed by atoms with Crippen LogP contribution in [0.2, 0.25) is 0 Å². The van der Waals surface area contributed by atoms with Crippen molar-refractivity contribution in [1.29, 1.82) is 0 Å². The number of ether oxygens (including phenoxy) is 1. The Bertz CT molecular complexity index is 849. The molecule has 2 aromatic heterocycles. The highest BCUT2D eigenvalue weighted by Crippen LogP contribution is 2.35. The van der Waals surface area contributed by atoms with Crippen LogP contribution in [0.4, 0.5) is 20.3 Å². The number of amides is 1. The molecule has 0 aliphatic carbocycles. The van der Waals surface area contributed by atoms with Crippen molar-refractivity contribution >= 4 is 24.2 Å². The first-order valence-corrected chi connectivity index (χ1v) is 9.36. The molecule has 0 saturated heterocycles. The third kappa shape index (κ3) is 5.93. The first kappa shape index (κ1) is 23.1. The first-order chi connectivity index (χ1) is 14.4. The van der Waals surface area contributed by atoms with E-state index in [4.69, 9.17) is 15.3 Å². The number of carbonyl (C=O) groups is 2. The topological polar surface area (TPSA) is 110 Å². The number of nitrogens with two attached hydrogens (primary N) is 1. The highest BCUT2D eigenvalue weighted by Gasteiger charge is 2.28. The number of carbonyl (C=O) groups excluding carboxylic acids is 2. The van der Waals surface area contributed by atoms with Crippen LogP contribution in [0.15, 0.2) is 30.6 Å². The van der Waals surface area contributed by atoms with Gasteiger partial charge in [-0.15, -0.1) is 0 Å². The summed E-state index contributed by atoms with van der Waals surface area (Å²) in [5.41, 5.74) is 6.84. The standard InChI is InChI=1S/C19H23F2N5O2.CH2O/c1-23-7-6-19(20,21)5-4-13-10-16-18(25-11-13)26(8-9-28-16)14-2-3-15(17(22)27)24-12-14;1-2/h2-3,10-12,23H,4-9H2,1H3,(H2,22,27);1H2. The largest absolute Gasteiger partial charge is 0.488 e. The zero-order chi connectivity index (χ0) is 22.1. The molecular formula is C20H25F2N5O3. The van der Waals surface area contributed by atoms with Gasteiger partial charge in [-0.2, -0.15) is 0 Å². The third-order valence-corrected chi connectivity index (χ3v) is 4.55. The van der Waals surface area contributed by atoms with Crippen LogP contribution < -0.4 is 20.7 Å². The Hall–Kier alpha value is -3.14. The molecule has 0 unspecified atom stereocenters. The Labute approximate surface area is 173 Å². The number of rotatable bonds is 8. The second-order valence-corrected chi connectivity index (χ2v) is 6.64. The van der Waals surface area contributed by atoms with Crippen LogP contribution in [0.3, 0.4) is 0 Å². The average molecular weight is 421 g/mol. The van der Waals surface area contributed by atoms with Crippen LogP contribution in [0, 0.1) is 0 Å². The maximum atomic E-state index is 13.9. The van der Waals surface area contributed by atoms with Crippen LogP contribution in [0.25, 0.3) is 0 Å². The lowest BCUT2D eigenvalue weighted by Crippen LogP contribution is -2.30. The Morgan fingerprint density at radius 2 is 2.07 bits per heavy atom. The van der Waals surface area contributed by atoms with Crippen LogP contribution in [-0.2, 0) is 11.2 Å². The van der Waals surface area contributed by atoms with E-state index in [0.717, 1.165) is 5.69 Å². The van der Waals surface area contributed by atoms with Gasteiger partial charge in [0.25, 0.3) is 5.91 Å².